The van der Waals surface area contributed by atoms with Crippen LogP contribution >= 0.6 is 24.0 Å². The maximum Gasteiger partial charge on any atom is -0.107 e. The largest absolute Gasteiger partial charge is 0.107 e. The van der Waals surface area contributed by atoms with E-state index >= 15 is 0 Å². The molecule has 0 bridgehead atoms. The van der Waals surface area contributed by atoms with E-state index in [1.807, 2.05) is 7.05 Å². The standard InChI is InChI=1S/CH4N.Bi.HI.2H/c1-2;;;;/h2H,1H3;;1H;;/q-1;+1;;;. The van der Waals surface area contributed by atoms with Crippen molar-refractivity contribution in [2.24, 2.45) is 0 Å². The van der Waals surface area contributed by atoms with Crippen LogP contribution in [-0.2, 0) is 0 Å². The molecule has 0 aromatic heterocycles. The minimum absolute atomic E-state index is 0. The first-order valence-corrected chi connectivity index (χ1v) is 3.03. The molecule has 4 heavy (non-hydrogen) atoms. The van der Waals surface area contributed by atoms with E-state index in [0.29, 0.717) is 0 Å². The number of hydrogen-bond acceptors (Lipinski definition) is 1. The van der Waals surface area contributed by atoms with Gasteiger partial charge >= 0.3 is 35.3 Å². The zero-order chi connectivity index (χ0) is 2.71. The van der Waals surface area contributed by atoms with Crippen molar-refractivity contribution in [3.63, 3.8) is 0 Å². The number of nitrogens with one attached hydrogen (secondary N) is 1. The third-order valence-electron chi connectivity index (χ3n) is 0. The van der Waals surface area contributed by atoms with E-state index in [1.165, 1.54) is 0 Å². The van der Waals surface area contributed by atoms with Gasteiger partial charge in [-0.15, -0.1) is 24.0 Å². The van der Waals surface area contributed by atoms with Crippen LogP contribution in [-0.4, -0.2) is 32.1 Å². The summed E-state index contributed by atoms with van der Waals surface area (Å²) < 4.78 is 2.92. The molecule has 0 aliphatic heterocycles. The summed E-state index contributed by atoms with van der Waals surface area (Å²) in [5.74, 6) is 0. The predicted molar refractivity (Wildman–Crippen MR) is 33.0 cm³/mol. The summed E-state index contributed by atoms with van der Waals surface area (Å²) in [6.07, 6.45) is 0. The Kier molecular flexibility index (Phi) is 20.1. The van der Waals surface area contributed by atoms with Crippen molar-refractivity contribution in [1.29, 1.82) is 0 Å². The van der Waals surface area contributed by atoms with Gasteiger partial charge in [-0.3, -0.25) is 0 Å². The second-order valence-electron chi connectivity index (χ2n) is 0.289. The maximum atomic E-state index is 2.92. The zero-order valence-electron chi connectivity index (χ0n) is 2.49. The molecule has 0 spiro atoms. The van der Waals surface area contributed by atoms with Crippen molar-refractivity contribution in [2.45, 2.75) is 0 Å². The van der Waals surface area contributed by atoms with Crippen LogP contribution in [0.5, 0.6) is 0 Å². The summed E-state index contributed by atoms with van der Waals surface area (Å²) in [4.78, 5) is 0. The minimum atomic E-state index is 0. The molecular weight excluding hydrogens is 362 g/mol. The minimum Gasteiger partial charge on any atom is -0.107 e. The summed E-state index contributed by atoms with van der Waals surface area (Å²) in [5.41, 5.74) is 0. The van der Waals surface area contributed by atoms with Crippen molar-refractivity contribution in [3.8, 4) is 0 Å². The van der Waals surface area contributed by atoms with Gasteiger partial charge in [0.05, 0.1) is 0 Å². The molecule has 0 heterocycles. The van der Waals surface area contributed by atoms with Crippen molar-refractivity contribution < 1.29 is 0 Å². The van der Waals surface area contributed by atoms with Crippen molar-refractivity contribution in [3.05, 3.63) is 0 Å². The molecule has 3 heteroatoms. The van der Waals surface area contributed by atoms with Gasteiger partial charge in [0.25, 0.3) is 0 Å². The predicted octanol–water partition coefficient (Wildman–Crippen LogP) is -0.628. The molecule has 0 saturated heterocycles. The maximum absolute atomic E-state index is 2.92. The quantitative estimate of drug-likeness (QED) is 0.443. The number of hydrogen-bond donors (Lipinski definition) is 1. The second kappa shape index (κ2) is 8.82. The molecule has 0 fully saturated rings. The van der Waals surface area contributed by atoms with Gasteiger partial charge in [0.15, 0.2) is 0 Å². The average Bonchev–Trinajstić information content (AvgIpc) is 0.918. The molecule has 0 amide bonds. The van der Waals surface area contributed by atoms with E-state index in [9.17, 15) is 0 Å². The molecular formula is CH7BiIN. The monoisotopic (exact) mass is 369 g/mol. The van der Waals surface area contributed by atoms with Crippen LogP contribution in [0.2, 0.25) is 0 Å². The molecule has 1 N–H and O–H groups in total. The van der Waals surface area contributed by atoms with Crippen LogP contribution in [0.3, 0.4) is 0 Å². The molecule has 0 aliphatic rings. The summed E-state index contributed by atoms with van der Waals surface area (Å²) in [7, 11) is 1.95. The Labute approximate surface area is 58.8 Å². The molecule has 1 nitrogen and oxygen atoms in total. The molecule has 0 aromatic carbocycles. The third-order valence-corrected chi connectivity index (χ3v) is 0. The van der Waals surface area contributed by atoms with E-state index in [4.69, 9.17) is 0 Å². The Morgan fingerprint density at radius 1 is 1.75 bits per heavy atom. The normalized spacial score (nSPS) is 4.50. The van der Waals surface area contributed by atoms with E-state index in [2.05, 4.69) is 3.26 Å². The Bertz CT molecular complexity index is 8.00. The molecule has 0 unspecified atom stereocenters. The second-order valence-corrected chi connectivity index (χ2v) is 2.53. The van der Waals surface area contributed by atoms with Crippen LogP contribution in [0.25, 0.3) is 0 Å². The Morgan fingerprint density at radius 2 is 1.75 bits per heavy atom. The molecule has 0 rings (SSSR count). The van der Waals surface area contributed by atoms with E-state index in [1.54, 1.807) is 0 Å². The van der Waals surface area contributed by atoms with E-state index < -0.39 is 0 Å². The van der Waals surface area contributed by atoms with Gasteiger partial charge in [-0.05, 0) is 0 Å². The van der Waals surface area contributed by atoms with Gasteiger partial charge in [0.1, 0.15) is 0 Å². The fraction of sp³-hybridized carbons (Fsp3) is 1.00. The molecule has 0 radical (unpaired) electrons. The first-order valence-electron chi connectivity index (χ1n) is 0.789. The third kappa shape index (κ3) is 9.56. The summed E-state index contributed by atoms with van der Waals surface area (Å²) in [6, 6.07) is 0. The van der Waals surface area contributed by atoms with Crippen molar-refractivity contribution >= 4 is 49.0 Å². The van der Waals surface area contributed by atoms with Gasteiger partial charge in [0, 0.05) is 0 Å². The Balaban J connectivity index is 0. The number of rotatable bonds is 0. The number of halogens is 1. The first kappa shape index (κ1) is 9.13. The fourth-order valence-corrected chi connectivity index (χ4v) is 0. The zero-order valence-corrected chi connectivity index (χ0v) is 9.30. The van der Waals surface area contributed by atoms with Crippen molar-refractivity contribution in [1.82, 2.24) is 3.26 Å². The molecule has 28 valence electrons. The Hall–Kier alpha value is 1.57. The smallest absolute Gasteiger partial charge is 0.107 e. The summed E-state index contributed by atoms with van der Waals surface area (Å²) in [5, 5.41) is 0. The molecule has 0 atom stereocenters. The molecule has 0 saturated carbocycles. The van der Waals surface area contributed by atoms with E-state index in [-0.39, 0.29) is 24.0 Å². The SMILES string of the molecule is C[NH][BiH2].I. The fourth-order valence-electron chi connectivity index (χ4n) is 0. The van der Waals surface area contributed by atoms with E-state index in [0.717, 1.165) is 25.0 Å². The Morgan fingerprint density at radius 3 is 1.75 bits per heavy atom. The van der Waals surface area contributed by atoms with Crippen LogP contribution in [0.4, 0.5) is 0 Å². The van der Waals surface area contributed by atoms with Crippen LogP contribution in [0, 0.1) is 0 Å². The van der Waals surface area contributed by atoms with Crippen molar-refractivity contribution in [2.75, 3.05) is 7.05 Å². The van der Waals surface area contributed by atoms with Gasteiger partial charge in [0.2, 0.25) is 0 Å². The van der Waals surface area contributed by atoms with Crippen LogP contribution in [0.15, 0.2) is 0 Å². The van der Waals surface area contributed by atoms with Gasteiger partial charge < -0.3 is 0 Å². The topological polar surface area (TPSA) is 12.0 Å². The van der Waals surface area contributed by atoms with Gasteiger partial charge in [-0.25, -0.2) is 0 Å². The molecule has 0 aliphatic carbocycles. The summed E-state index contributed by atoms with van der Waals surface area (Å²) >= 11 is 0.968. The van der Waals surface area contributed by atoms with Gasteiger partial charge in [-0.2, -0.15) is 0 Å². The van der Waals surface area contributed by atoms with Gasteiger partial charge in [-0.1, -0.05) is 0 Å². The summed E-state index contributed by atoms with van der Waals surface area (Å²) in [6.45, 7) is 0. The van der Waals surface area contributed by atoms with Crippen LogP contribution < -0.4 is 3.26 Å². The first-order chi connectivity index (χ1) is 1.41. The average molecular weight is 369 g/mol. The molecule has 0 aromatic rings. The van der Waals surface area contributed by atoms with Crippen LogP contribution in [0.1, 0.15) is 0 Å².